The van der Waals surface area contributed by atoms with Gasteiger partial charge in [-0.2, -0.15) is 0 Å². The summed E-state index contributed by atoms with van der Waals surface area (Å²) in [5, 5.41) is 1.08. The molecule has 0 bridgehead atoms. The van der Waals surface area contributed by atoms with E-state index in [9.17, 15) is 0 Å². The van der Waals surface area contributed by atoms with Crippen LogP contribution >= 0.6 is 23.2 Å². The highest BCUT2D eigenvalue weighted by molar-refractivity contribution is 6.94. The third-order valence-corrected chi connectivity index (χ3v) is 16.4. The zero-order valence-corrected chi connectivity index (χ0v) is 23.8. The van der Waals surface area contributed by atoms with Crippen molar-refractivity contribution in [2.24, 2.45) is 11.8 Å². The fourth-order valence-corrected chi connectivity index (χ4v) is 14.5. The van der Waals surface area contributed by atoms with Gasteiger partial charge >= 0.3 is 0 Å². The average molecular weight is 511 g/mol. The second kappa shape index (κ2) is 7.67. The molecule has 3 aliphatic rings. The second-order valence-electron chi connectivity index (χ2n) is 11.8. The van der Waals surface area contributed by atoms with E-state index in [4.69, 9.17) is 42.6 Å². The normalized spacial score (nSPS) is 30.7. The number of rotatable bonds is 5. The molecular weight excluding hydrogens is 473 g/mol. The third-order valence-electron chi connectivity index (χ3n) is 8.74. The van der Waals surface area contributed by atoms with Crippen LogP contribution < -0.4 is 5.45 Å². The molecular formula is C25H37Cl2N3O2Si. The van der Waals surface area contributed by atoms with Crippen LogP contribution in [0.2, 0.25) is 26.8 Å². The van der Waals surface area contributed by atoms with Crippen LogP contribution in [0.4, 0.5) is 0 Å². The summed E-state index contributed by atoms with van der Waals surface area (Å²) in [5.74, 6) is 0.488. The monoisotopic (exact) mass is 509 g/mol. The molecule has 0 aromatic carbocycles. The molecule has 2 aliphatic carbocycles. The highest BCUT2D eigenvalue weighted by atomic mass is 35.5. The van der Waals surface area contributed by atoms with Gasteiger partial charge in [0.05, 0.1) is 22.6 Å². The molecule has 5 nitrogen and oxygen atoms in total. The van der Waals surface area contributed by atoms with Gasteiger partial charge in [0, 0.05) is 5.56 Å². The highest BCUT2D eigenvalue weighted by Gasteiger charge is 2.67. The van der Waals surface area contributed by atoms with Crippen LogP contribution in [0.15, 0.2) is 0 Å². The maximum absolute atomic E-state index is 6.87. The molecule has 182 valence electrons. The first-order chi connectivity index (χ1) is 15.3. The van der Waals surface area contributed by atoms with Crippen LogP contribution in [0.3, 0.4) is 0 Å². The van der Waals surface area contributed by atoms with Crippen molar-refractivity contribution in [3.63, 3.8) is 0 Å². The van der Waals surface area contributed by atoms with Gasteiger partial charge in [0.1, 0.15) is 24.8 Å². The highest BCUT2D eigenvalue weighted by Crippen LogP contribution is 2.63. The number of imidazole rings is 1. The predicted molar refractivity (Wildman–Crippen MR) is 137 cm³/mol. The molecule has 8 heteroatoms. The molecule has 0 amide bonds. The zero-order chi connectivity index (χ0) is 24.2. The summed E-state index contributed by atoms with van der Waals surface area (Å²) in [6.45, 7) is 20.2. The summed E-state index contributed by atoms with van der Waals surface area (Å²) in [5.41, 5.74) is 5.12. The SMILES string of the molecule is Cc1c(Cl)nc2c(nc([Si](C(C)C)(C(C)C)C(C)C)n2[C@@H]2[C@H]3C[C@H]3[C@H]3OC(C)(C)O[C@H]32)c1Cl. The van der Waals surface area contributed by atoms with Gasteiger partial charge in [-0.15, -0.1) is 0 Å². The van der Waals surface area contributed by atoms with E-state index in [0.717, 1.165) is 23.1 Å². The van der Waals surface area contributed by atoms with Crippen LogP contribution in [-0.4, -0.2) is 40.6 Å². The maximum atomic E-state index is 6.87. The van der Waals surface area contributed by atoms with Gasteiger partial charge < -0.3 is 14.0 Å². The quantitative estimate of drug-likeness (QED) is 0.334. The summed E-state index contributed by atoms with van der Waals surface area (Å²) < 4.78 is 15.4. The Balaban J connectivity index is 1.83. The summed E-state index contributed by atoms with van der Waals surface area (Å²) in [4.78, 5) is 10.3. The van der Waals surface area contributed by atoms with Crippen molar-refractivity contribution in [1.82, 2.24) is 14.5 Å². The molecule has 2 aromatic rings. The molecule has 2 saturated carbocycles. The number of hydrogen-bond donors (Lipinski definition) is 0. The fourth-order valence-electron chi connectivity index (χ4n) is 7.49. The lowest BCUT2D eigenvalue weighted by atomic mass is 10.1. The van der Waals surface area contributed by atoms with Gasteiger partial charge in [0.15, 0.2) is 11.4 Å². The van der Waals surface area contributed by atoms with Gasteiger partial charge in [-0.25, -0.2) is 9.97 Å². The Morgan fingerprint density at radius 1 is 0.939 bits per heavy atom. The Bertz CT molecular complexity index is 1090. The Morgan fingerprint density at radius 2 is 1.52 bits per heavy atom. The molecule has 1 saturated heterocycles. The molecule has 3 heterocycles. The standard InChI is InChI=1S/C25H37Cl2N3O2Si/c1-11(2)33(12(3)4,13(5)6)24-28-18-17(26)14(7)22(27)29-23(18)30(24)19-15-10-16(15)20-21(19)32-25(8,9)31-20/h11-13,15-16,19-21H,10H2,1-9H3/t15-,16+,19+,20+,21-/m0/s1. The van der Waals surface area contributed by atoms with E-state index in [1.54, 1.807) is 0 Å². The molecule has 5 rings (SSSR count). The largest absolute Gasteiger partial charge is 0.344 e. The van der Waals surface area contributed by atoms with Crippen molar-refractivity contribution in [1.29, 1.82) is 0 Å². The zero-order valence-electron chi connectivity index (χ0n) is 21.2. The Morgan fingerprint density at radius 3 is 2.09 bits per heavy atom. The molecule has 1 aliphatic heterocycles. The number of aromatic nitrogens is 3. The van der Waals surface area contributed by atoms with Gasteiger partial charge in [-0.3, -0.25) is 0 Å². The Kier molecular flexibility index (Phi) is 5.59. The van der Waals surface area contributed by atoms with Gasteiger partial charge in [0.25, 0.3) is 0 Å². The number of nitrogens with zero attached hydrogens (tertiary/aromatic N) is 3. The summed E-state index contributed by atoms with van der Waals surface area (Å²) >= 11 is 13.5. The second-order valence-corrected chi connectivity index (χ2v) is 18.3. The number of halogens is 2. The van der Waals surface area contributed by atoms with E-state index in [2.05, 4.69) is 46.1 Å². The van der Waals surface area contributed by atoms with Crippen molar-refractivity contribution in [2.45, 2.75) is 109 Å². The molecule has 3 fully saturated rings. The van der Waals surface area contributed by atoms with E-state index < -0.39 is 13.9 Å². The molecule has 5 atom stereocenters. The molecule has 0 radical (unpaired) electrons. The van der Waals surface area contributed by atoms with Crippen molar-refractivity contribution in [3.8, 4) is 0 Å². The Hall–Kier alpha value is -0.663. The first kappa shape index (κ1) is 24.0. The van der Waals surface area contributed by atoms with Crippen LogP contribution in [0.5, 0.6) is 0 Å². The minimum atomic E-state index is -2.13. The summed E-state index contributed by atoms with van der Waals surface area (Å²) in [6, 6.07) is 0.146. The van der Waals surface area contributed by atoms with Crippen LogP contribution in [0.25, 0.3) is 11.2 Å². The van der Waals surface area contributed by atoms with Gasteiger partial charge in [0.2, 0.25) is 0 Å². The number of pyridine rings is 1. The number of hydrogen-bond acceptors (Lipinski definition) is 4. The first-order valence-electron chi connectivity index (χ1n) is 12.4. The van der Waals surface area contributed by atoms with E-state index in [-0.39, 0.29) is 18.2 Å². The molecule has 0 N–H and O–H groups in total. The summed E-state index contributed by atoms with van der Waals surface area (Å²) in [7, 11) is -2.13. The number of ether oxygens (including phenoxy) is 2. The average Bonchev–Trinajstić information content (AvgIpc) is 3.18. The lowest BCUT2D eigenvalue weighted by Crippen LogP contribution is -2.60. The van der Waals surface area contributed by atoms with Gasteiger partial charge in [-0.1, -0.05) is 64.7 Å². The van der Waals surface area contributed by atoms with E-state index in [1.807, 2.05) is 20.8 Å². The first-order valence-corrected chi connectivity index (χ1v) is 15.4. The molecule has 0 spiro atoms. The Labute approximate surface area is 208 Å². The fraction of sp³-hybridized carbons (Fsp3) is 0.760. The van der Waals surface area contributed by atoms with Crippen molar-refractivity contribution < 1.29 is 9.47 Å². The third kappa shape index (κ3) is 3.23. The minimum absolute atomic E-state index is 0.00117. The smallest absolute Gasteiger partial charge is 0.163 e. The van der Waals surface area contributed by atoms with Crippen molar-refractivity contribution >= 4 is 47.9 Å². The summed E-state index contributed by atoms with van der Waals surface area (Å²) in [6.07, 6.45) is 1.29. The van der Waals surface area contributed by atoms with Crippen molar-refractivity contribution in [2.75, 3.05) is 0 Å². The lowest BCUT2D eigenvalue weighted by molar-refractivity contribution is -0.156. The topological polar surface area (TPSA) is 49.2 Å². The molecule has 2 aromatic heterocycles. The van der Waals surface area contributed by atoms with Crippen molar-refractivity contribution in [3.05, 3.63) is 15.7 Å². The lowest BCUT2D eigenvalue weighted by Gasteiger charge is -2.43. The van der Waals surface area contributed by atoms with E-state index >= 15 is 0 Å². The van der Waals surface area contributed by atoms with Crippen LogP contribution in [0, 0.1) is 18.8 Å². The minimum Gasteiger partial charge on any atom is -0.344 e. The molecule has 0 unspecified atom stereocenters. The van der Waals surface area contributed by atoms with E-state index in [1.165, 1.54) is 5.45 Å². The van der Waals surface area contributed by atoms with Gasteiger partial charge in [-0.05, 0) is 55.7 Å². The molecule has 33 heavy (non-hydrogen) atoms. The maximum Gasteiger partial charge on any atom is 0.163 e. The number of fused-ring (bicyclic) bond motifs is 4. The van der Waals surface area contributed by atoms with Crippen LogP contribution in [0.1, 0.15) is 73.4 Å². The van der Waals surface area contributed by atoms with Crippen LogP contribution in [-0.2, 0) is 9.47 Å². The van der Waals surface area contributed by atoms with E-state index in [0.29, 0.717) is 38.6 Å². The predicted octanol–water partition coefficient (Wildman–Crippen LogP) is 6.64.